The molecule has 0 spiro atoms. The van der Waals surface area contributed by atoms with Gasteiger partial charge >= 0.3 is 0 Å². The topological polar surface area (TPSA) is 146 Å². The Balaban J connectivity index is 2.28. The first-order chi connectivity index (χ1) is 15.4. The molecule has 0 unspecified atom stereocenters. The molecule has 0 aromatic heterocycles. The maximum atomic E-state index is 12.9. The third-order valence-corrected chi connectivity index (χ3v) is 4.77. The van der Waals surface area contributed by atoms with Gasteiger partial charge in [-0.25, -0.2) is 0 Å². The molecule has 2 atom stereocenters. The van der Waals surface area contributed by atoms with Crippen molar-refractivity contribution in [1.82, 2.24) is 20.9 Å². The summed E-state index contributed by atoms with van der Waals surface area (Å²) in [5.74, 6) is -2.06. The lowest BCUT2D eigenvalue weighted by Gasteiger charge is -2.25. The zero-order valence-electron chi connectivity index (χ0n) is 18.3. The van der Waals surface area contributed by atoms with Gasteiger partial charge in [0.15, 0.2) is 0 Å². The number of hydrogen-bond donors (Lipinski definition) is 4. The van der Waals surface area contributed by atoms with Gasteiger partial charge < -0.3 is 35.4 Å². The molecule has 0 fully saturated rings. The molecule has 11 heteroatoms. The first-order valence-corrected chi connectivity index (χ1v) is 10.4. The van der Waals surface area contributed by atoms with E-state index in [1.807, 2.05) is 6.92 Å². The summed E-state index contributed by atoms with van der Waals surface area (Å²) >= 11 is 0. The van der Waals surface area contributed by atoms with Gasteiger partial charge in [-0.2, -0.15) is 0 Å². The van der Waals surface area contributed by atoms with Crippen LogP contribution in [0.2, 0.25) is 0 Å². The number of ether oxygens (including phenoxy) is 2. The van der Waals surface area contributed by atoms with Crippen molar-refractivity contribution in [2.75, 3.05) is 46.6 Å². The van der Waals surface area contributed by atoms with E-state index in [-0.39, 0.29) is 37.6 Å². The SMILES string of the molecule is CCOCCNC(=O)[C@@H]1CC(=O)N[C@@H](CO)C(=O)N(C)CCOc2ccccc2C(=O)N1. The molecular weight excluding hydrogens is 420 g/mol. The predicted octanol–water partition coefficient (Wildman–Crippen LogP) is -1.34. The van der Waals surface area contributed by atoms with E-state index in [2.05, 4.69) is 16.0 Å². The highest BCUT2D eigenvalue weighted by Gasteiger charge is 2.29. The van der Waals surface area contributed by atoms with Crippen LogP contribution in [0.5, 0.6) is 5.75 Å². The fourth-order valence-corrected chi connectivity index (χ4v) is 3.03. The smallest absolute Gasteiger partial charge is 0.255 e. The van der Waals surface area contributed by atoms with Crippen LogP contribution < -0.4 is 20.7 Å². The Kier molecular flexibility index (Phi) is 9.89. The van der Waals surface area contributed by atoms with Gasteiger partial charge in [0.2, 0.25) is 17.7 Å². The molecule has 4 N–H and O–H groups in total. The Hall–Kier alpha value is -3.18. The molecule has 2 rings (SSSR count). The van der Waals surface area contributed by atoms with E-state index in [1.54, 1.807) is 18.2 Å². The average Bonchev–Trinajstić information content (AvgIpc) is 2.78. The Morgan fingerprint density at radius 2 is 2.03 bits per heavy atom. The number of carbonyl (C=O) groups excluding carboxylic acids is 4. The summed E-state index contributed by atoms with van der Waals surface area (Å²) in [6.45, 7) is 2.42. The average molecular weight is 450 g/mol. The van der Waals surface area contributed by atoms with Gasteiger partial charge in [-0.05, 0) is 19.1 Å². The normalized spacial score (nSPS) is 20.3. The number of hydrogen-bond acceptors (Lipinski definition) is 7. The monoisotopic (exact) mass is 450 g/mol. The van der Waals surface area contributed by atoms with E-state index in [9.17, 15) is 24.3 Å². The second-order valence-corrected chi connectivity index (χ2v) is 7.13. The van der Waals surface area contributed by atoms with E-state index < -0.39 is 48.7 Å². The molecular formula is C21H30N4O7. The molecule has 0 saturated heterocycles. The van der Waals surface area contributed by atoms with Gasteiger partial charge in [-0.1, -0.05) is 12.1 Å². The first-order valence-electron chi connectivity index (χ1n) is 10.4. The van der Waals surface area contributed by atoms with Gasteiger partial charge in [0, 0.05) is 20.2 Å². The highest BCUT2D eigenvalue weighted by molar-refractivity contribution is 6.01. The number of aliphatic hydroxyl groups is 1. The van der Waals surface area contributed by atoms with E-state index in [1.165, 1.54) is 18.0 Å². The van der Waals surface area contributed by atoms with Crippen molar-refractivity contribution in [3.05, 3.63) is 29.8 Å². The minimum Gasteiger partial charge on any atom is -0.491 e. The summed E-state index contributed by atoms with van der Waals surface area (Å²) in [7, 11) is 1.51. The van der Waals surface area contributed by atoms with Crippen molar-refractivity contribution in [2.24, 2.45) is 0 Å². The second kappa shape index (κ2) is 12.6. The van der Waals surface area contributed by atoms with E-state index in [4.69, 9.17) is 9.47 Å². The molecule has 1 aromatic carbocycles. The third-order valence-electron chi connectivity index (χ3n) is 4.77. The van der Waals surface area contributed by atoms with Crippen molar-refractivity contribution in [2.45, 2.75) is 25.4 Å². The van der Waals surface area contributed by atoms with Crippen LogP contribution in [-0.4, -0.2) is 92.3 Å². The highest BCUT2D eigenvalue weighted by Crippen LogP contribution is 2.18. The Morgan fingerprint density at radius 3 is 2.75 bits per heavy atom. The summed E-state index contributed by atoms with van der Waals surface area (Å²) in [6.07, 6.45) is -0.428. The van der Waals surface area contributed by atoms with Crippen LogP contribution in [0.4, 0.5) is 0 Å². The van der Waals surface area contributed by atoms with Crippen LogP contribution in [0.1, 0.15) is 23.7 Å². The summed E-state index contributed by atoms with van der Waals surface area (Å²) in [5, 5.41) is 17.2. The molecule has 11 nitrogen and oxygen atoms in total. The van der Waals surface area contributed by atoms with Crippen LogP contribution >= 0.6 is 0 Å². The fraction of sp³-hybridized carbons (Fsp3) is 0.524. The van der Waals surface area contributed by atoms with Gasteiger partial charge in [0.1, 0.15) is 24.4 Å². The lowest BCUT2D eigenvalue weighted by Crippen LogP contribution is -2.54. The van der Waals surface area contributed by atoms with E-state index >= 15 is 0 Å². The number of para-hydroxylation sites is 1. The maximum absolute atomic E-state index is 12.9. The summed E-state index contributed by atoms with van der Waals surface area (Å²) in [5.41, 5.74) is 0.194. The van der Waals surface area contributed by atoms with Crippen molar-refractivity contribution < 1.29 is 33.8 Å². The van der Waals surface area contributed by atoms with Crippen LogP contribution in [0, 0.1) is 0 Å². The minimum absolute atomic E-state index is 0.0833. The molecule has 176 valence electrons. The standard InChI is InChI=1S/C21H30N4O7/c1-3-31-10-8-22-20(29)15-12-18(27)23-16(13-26)21(30)25(2)9-11-32-17-7-5-4-6-14(17)19(28)24-15/h4-7,15-16,26H,3,8-13H2,1-2H3,(H,22,29)(H,23,27)(H,24,28)/t15-,16-/m0/s1. The molecule has 0 bridgehead atoms. The molecule has 32 heavy (non-hydrogen) atoms. The van der Waals surface area contributed by atoms with Crippen LogP contribution in [0.3, 0.4) is 0 Å². The highest BCUT2D eigenvalue weighted by atomic mass is 16.5. The zero-order valence-corrected chi connectivity index (χ0v) is 18.3. The molecule has 1 aromatic rings. The molecule has 1 heterocycles. The summed E-state index contributed by atoms with van der Waals surface area (Å²) in [6, 6.07) is 4.08. The largest absolute Gasteiger partial charge is 0.491 e. The summed E-state index contributed by atoms with van der Waals surface area (Å²) in [4.78, 5) is 51.9. The van der Waals surface area contributed by atoms with Crippen LogP contribution in [0.15, 0.2) is 24.3 Å². The second-order valence-electron chi connectivity index (χ2n) is 7.13. The number of amides is 4. The van der Waals surface area contributed by atoms with Gasteiger partial charge in [0.05, 0.1) is 31.7 Å². The van der Waals surface area contributed by atoms with Crippen molar-refractivity contribution in [1.29, 1.82) is 0 Å². The number of rotatable bonds is 6. The Labute approximate surface area is 186 Å². The molecule has 0 radical (unpaired) electrons. The molecule has 0 aliphatic carbocycles. The van der Waals surface area contributed by atoms with Gasteiger partial charge in [-0.15, -0.1) is 0 Å². The number of likely N-dealkylation sites (N-methyl/N-ethyl adjacent to an activating group) is 1. The summed E-state index contributed by atoms with van der Waals surface area (Å²) < 4.78 is 10.9. The number of aliphatic hydroxyl groups excluding tert-OH is 1. The maximum Gasteiger partial charge on any atom is 0.255 e. The molecule has 4 amide bonds. The number of fused-ring (bicyclic) bond motifs is 1. The fourth-order valence-electron chi connectivity index (χ4n) is 3.03. The Morgan fingerprint density at radius 1 is 1.28 bits per heavy atom. The van der Waals surface area contributed by atoms with Gasteiger partial charge in [0.25, 0.3) is 5.91 Å². The number of benzene rings is 1. The Bertz CT molecular complexity index is 817. The van der Waals surface area contributed by atoms with Crippen LogP contribution in [-0.2, 0) is 19.1 Å². The molecule has 1 aliphatic rings. The first kappa shape index (κ1) is 25.1. The van der Waals surface area contributed by atoms with Crippen molar-refractivity contribution in [3.63, 3.8) is 0 Å². The van der Waals surface area contributed by atoms with Crippen LogP contribution in [0.25, 0.3) is 0 Å². The number of carbonyl (C=O) groups is 4. The van der Waals surface area contributed by atoms with Crippen molar-refractivity contribution >= 4 is 23.6 Å². The van der Waals surface area contributed by atoms with E-state index in [0.717, 1.165) is 0 Å². The quantitative estimate of drug-likeness (QED) is 0.392. The zero-order chi connectivity index (χ0) is 23.5. The lowest BCUT2D eigenvalue weighted by molar-refractivity contribution is -0.137. The third kappa shape index (κ3) is 7.20. The molecule has 1 aliphatic heterocycles. The predicted molar refractivity (Wildman–Crippen MR) is 114 cm³/mol. The molecule has 0 saturated carbocycles. The number of nitrogens with one attached hydrogen (secondary N) is 3. The van der Waals surface area contributed by atoms with Gasteiger partial charge in [-0.3, -0.25) is 19.2 Å². The minimum atomic E-state index is -1.22. The number of nitrogens with zero attached hydrogens (tertiary/aromatic N) is 1. The lowest BCUT2D eigenvalue weighted by atomic mass is 10.1. The van der Waals surface area contributed by atoms with E-state index in [0.29, 0.717) is 6.61 Å². The van der Waals surface area contributed by atoms with Crippen molar-refractivity contribution in [3.8, 4) is 5.75 Å².